The highest BCUT2D eigenvalue weighted by Gasteiger charge is 2.39. The molecular weight excluding hydrogens is 446 g/mol. The van der Waals surface area contributed by atoms with E-state index < -0.39 is 5.54 Å². The summed E-state index contributed by atoms with van der Waals surface area (Å²) in [6.07, 6.45) is 0. The van der Waals surface area contributed by atoms with Gasteiger partial charge in [-0.1, -0.05) is 66.1 Å². The minimum atomic E-state index is -0.403. The summed E-state index contributed by atoms with van der Waals surface area (Å²) >= 11 is 8.96. The number of carbonyl (C=O) groups is 1. The first-order valence-corrected chi connectivity index (χ1v) is 12.0. The van der Waals surface area contributed by atoms with Crippen LogP contribution in [0.3, 0.4) is 0 Å². The first kappa shape index (κ1) is 22.0. The Kier molecular flexibility index (Phi) is 6.19. The van der Waals surface area contributed by atoms with Crippen molar-refractivity contribution >= 4 is 62.7 Å². The van der Waals surface area contributed by atoms with Gasteiger partial charge in [-0.25, -0.2) is 4.79 Å². The minimum Gasteiger partial charge on any atom is -0.497 e. The smallest absolute Gasteiger partial charge is 0.346 e. The molecule has 7 heteroatoms. The molecule has 0 amide bonds. The largest absolute Gasteiger partial charge is 0.497 e. The van der Waals surface area contributed by atoms with Gasteiger partial charge in [-0.3, -0.25) is 0 Å². The number of benzene rings is 2. The van der Waals surface area contributed by atoms with Crippen LogP contribution in [0.15, 0.2) is 57.7 Å². The molecule has 160 valence electrons. The second-order valence-corrected chi connectivity index (χ2v) is 10.3. The lowest BCUT2D eigenvalue weighted by Crippen LogP contribution is -2.43. The standard InChI is InChI=1S/C24H23NO3S3/c1-5-28-22(26)20-19(14-9-7-6-8-10-14)30-23(31-20)18-16-13-15(27-4)11-12-17(16)25-24(2,3)21(18)29/h6-13,25H,5H2,1-4H3/b23-18-. The van der Waals surface area contributed by atoms with Gasteiger partial charge < -0.3 is 14.8 Å². The molecule has 4 rings (SSSR count). The van der Waals surface area contributed by atoms with Crippen molar-refractivity contribution in [1.82, 2.24) is 0 Å². The molecule has 0 saturated carbocycles. The number of hydrogen-bond donors (Lipinski definition) is 1. The molecule has 2 aliphatic rings. The van der Waals surface area contributed by atoms with Gasteiger partial charge in [0.25, 0.3) is 0 Å². The van der Waals surface area contributed by atoms with Crippen LogP contribution in [0.4, 0.5) is 5.69 Å². The maximum Gasteiger partial charge on any atom is 0.346 e. The van der Waals surface area contributed by atoms with E-state index in [0.717, 1.165) is 42.1 Å². The molecule has 0 spiro atoms. The first-order valence-electron chi connectivity index (χ1n) is 9.94. The Labute approximate surface area is 196 Å². The highest BCUT2D eigenvalue weighted by molar-refractivity contribution is 8.32. The number of methoxy groups -OCH3 is 1. The van der Waals surface area contributed by atoms with E-state index >= 15 is 0 Å². The van der Waals surface area contributed by atoms with Gasteiger partial charge in [-0.05, 0) is 44.5 Å². The maximum atomic E-state index is 12.8. The van der Waals surface area contributed by atoms with Gasteiger partial charge in [0.15, 0.2) is 0 Å². The third-order valence-corrected chi connectivity index (χ3v) is 8.38. The van der Waals surface area contributed by atoms with Crippen LogP contribution < -0.4 is 10.1 Å². The van der Waals surface area contributed by atoms with Gasteiger partial charge in [0.05, 0.1) is 23.5 Å². The molecule has 0 saturated heterocycles. The molecule has 0 aromatic heterocycles. The number of thioether (sulfide) groups is 2. The number of fused-ring (bicyclic) bond motifs is 1. The molecule has 0 bridgehead atoms. The normalized spacial score (nSPS) is 19.7. The minimum absolute atomic E-state index is 0.306. The zero-order chi connectivity index (χ0) is 22.2. The molecule has 2 aliphatic heterocycles. The van der Waals surface area contributed by atoms with E-state index in [1.165, 1.54) is 11.8 Å². The summed E-state index contributed by atoms with van der Waals surface area (Å²) in [6, 6.07) is 15.9. The van der Waals surface area contributed by atoms with Gasteiger partial charge >= 0.3 is 5.97 Å². The van der Waals surface area contributed by atoms with Gasteiger partial charge in [-0.15, -0.1) is 0 Å². The zero-order valence-electron chi connectivity index (χ0n) is 17.8. The quantitative estimate of drug-likeness (QED) is 0.318. The number of ether oxygens (including phenoxy) is 2. The first-order chi connectivity index (χ1) is 14.9. The van der Waals surface area contributed by atoms with Crippen molar-refractivity contribution in [1.29, 1.82) is 0 Å². The molecule has 0 aliphatic carbocycles. The summed E-state index contributed by atoms with van der Waals surface area (Å²) in [5.74, 6) is 0.454. The Morgan fingerprint density at radius 1 is 1.13 bits per heavy atom. The van der Waals surface area contributed by atoms with E-state index in [0.29, 0.717) is 11.5 Å². The van der Waals surface area contributed by atoms with E-state index in [1.54, 1.807) is 18.9 Å². The van der Waals surface area contributed by atoms with Crippen LogP contribution in [-0.4, -0.2) is 30.1 Å². The SMILES string of the molecule is CCOC(=O)C1=C(c2ccccc2)S/C(=C2/C(=S)C(C)(C)Nc3ccc(OC)cc32)S1. The fourth-order valence-corrected chi connectivity index (χ4v) is 6.60. The van der Waals surface area contributed by atoms with Crippen molar-refractivity contribution in [2.45, 2.75) is 26.3 Å². The van der Waals surface area contributed by atoms with Crippen LogP contribution in [0, 0.1) is 0 Å². The third-order valence-electron chi connectivity index (χ3n) is 5.03. The topological polar surface area (TPSA) is 47.6 Å². The lowest BCUT2D eigenvalue weighted by atomic mass is 9.85. The monoisotopic (exact) mass is 469 g/mol. The van der Waals surface area contributed by atoms with Crippen molar-refractivity contribution in [2.24, 2.45) is 0 Å². The Hall–Kier alpha value is -2.22. The summed E-state index contributed by atoms with van der Waals surface area (Å²) in [5.41, 5.74) is 3.53. The predicted molar refractivity (Wildman–Crippen MR) is 135 cm³/mol. The summed E-state index contributed by atoms with van der Waals surface area (Å²) in [7, 11) is 1.65. The Bertz CT molecular complexity index is 1120. The zero-order valence-corrected chi connectivity index (χ0v) is 20.2. The maximum absolute atomic E-state index is 12.8. The van der Waals surface area contributed by atoms with Gasteiger partial charge in [0.2, 0.25) is 0 Å². The highest BCUT2D eigenvalue weighted by Crippen LogP contribution is 2.58. The van der Waals surface area contributed by atoms with E-state index in [1.807, 2.05) is 55.5 Å². The van der Waals surface area contributed by atoms with Crippen LogP contribution in [0.5, 0.6) is 5.75 Å². The highest BCUT2D eigenvalue weighted by atomic mass is 32.2. The molecule has 31 heavy (non-hydrogen) atoms. The van der Waals surface area contributed by atoms with Crippen molar-refractivity contribution < 1.29 is 14.3 Å². The van der Waals surface area contributed by atoms with Gasteiger partial charge in [0.1, 0.15) is 10.7 Å². The molecule has 2 aromatic carbocycles. The third kappa shape index (κ3) is 4.14. The predicted octanol–water partition coefficient (Wildman–Crippen LogP) is 6.35. The molecule has 4 nitrogen and oxygen atoms in total. The van der Waals surface area contributed by atoms with E-state index in [4.69, 9.17) is 21.7 Å². The van der Waals surface area contributed by atoms with Crippen LogP contribution in [0.1, 0.15) is 31.9 Å². The van der Waals surface area contributed by atoms with Crippen molar-refractivity contribution in [2.75, 3.05) is 19.0 Å². The summed E-state index contributed by atoms with van der Waals surface area (Å²) < 4.78 is 11.8. The molecule has 1 N–H and O–H groups in total. The number of anilines is 1. The van der Waals surface area contributed by atoms with Crippen LogP contribution in [0.2, 0.25) is 0 Å². The van der Waals surface area contributed by atoms with Crippen LogP contribution >= 0.6 is 35.7 Å². The Balaban J connectivity index is 1.88. The van der Waals surface area contributed by atoms with Gasteiger partial charge in [0, 0.05) is 26.6 Å². The van der Waals surface area contributed by atoms with E-state index in [-0.39, 0.29) is 5.97 Å². The second-order valence-electron chi connectivity index (χ2n) is 7.60. The van der Waals surface area contributed by atoms with Crippen LogP contribution in [0.25, 0.3) is 10.5 Å². The van der Waals surface area contributed by atoms with E-state index in [2.05, 4.69) is 19.2 Å². The molecule has 0 fully saturated rings. The molecule has 2 heterocycles. The fourth-order valence-electron chi connectivity index (χ4n) is 3.51. The average molecular weight is 470 g/mol. The number of hydrogen-bond acceptors (Lipinski definition) is 7. The molecule has 0 atom stereocenters. The van der Waals surface area contributed by atoms with Crippen molar-refractivity contribution in [3.63, 3.8) is 0 Å². The Morgan fingerprint density at radius 2 is 1.87 bits per heavy atom. The number of carbonyl (C=O) groups excluding carboxylic acids is 1. The summed E-state index contributed by atoms with van der Waals surface area (Å²) in [4.78, 5) is 15.1. The second kappa shape index (κ2) is 8.73. The summed E-state index contributed by atoms with van der Waals surface area (Å²) in [5, 5.41) is 3.53. The summed E-state index contributed by atoms with van der Waals surface area (Å²) in [6.45, 7) is 6.30. The van der Waals surface area contributed by atoms with Crippen LogP contribution in [-0.2, 0) is 9.53 Å². The lowest BCUT2D eigenvalue weighted by Gasteiger charge is -2.37. The molecular formula is C24H23NO3S3. The number of nitrogens with one attached hydrogen (secondary N) is 1. The van der Waals surface area contributed by atoms with Crippen molar-refractivity contribution in [3.8, 4) is 5.75 Å². The number of esters is 1. The average Bonchev–Trinajstić information content (AvgIpc) is 3.20. The lowest BCUT2D eigenvalue weighted by molar-refractivity contribution is -0.137. The number of rotatable bonds is 4. The van der Waals surface area contributed by atoms with E-state index in [9.17, 15) is 4.79 Å². The molecule has 0 unspecified atom stereocenters. The molecule has 0 radical (unpaired) electrons. The Morgan fingerprint density at radius 3 is 2.55 bits per heavy atom. The number of thiocarbonyl (C=S) groups is 1. The molecule has 2 aromatic rings. The van der Waals surface area contributed by atoms with Crippen molar-refractivity contribution in [3.05, 3.63) is 68.8 Å². The fraction of sp³-hybridized carbons (Fsp3) is 0.250. The van der Waals surface area contributed by atoms with Gasteiger partial charge in [-0.2, -0.15) is 0 Å².